The van der Waals surface area contributed by atoms with Crippen LogP contribution in [0.2, 0.25) is 0 Å². The van der Waals surface area contributed by atoms with Crippen molar-refractivity contribution in [1.82, 2.24) is 30.1 Å². The van der Waals surface area contributed by atoms with Crippen molar-refractivity contribution in [2.24, 2.45) is 4.99 Å². The molecule has 0 radical (unpaired) electrons. The second-order valence-corrected chi connectivity index (χ2v) is 46.6. The largest absolute Gasteiger partial charge is 0.454 e. The van der Waals surface area contributed by atoms with E-state index in [1.165, 1.54) is 142 Å². The molecule has 20 rings (SSSR count). The van der Waals surface area contributed by atoms with Gasteiger partial charge in [-0.25, -0.2) is 0 Å². The number of aromatic nitrogens is 6. The number of aromatic amines is 3. The standard InChI is InChI=1S/C14H20.2C13H15N.2C13H16.3C12H15N.C11H14N2.C11H14O2/c1-14(2,3)13-10-6-8-11-7-4-5-9-12(11)13;1-13(2,3)11-8-4-6-10-7-5-9-14-12(10)11;1-13(2,3)12-9-8-10-6-4-5-7-11(10)14-12;1-13(2,3)12-9-5-7-10-6-4-8-11(10)12;1-13(2,3)12-8-7-10-5-4-6-11(10)9-12;1-12(2,3)11-5-4-9-7-13-8-10(9)6-11;1-12(2,3)10-5-4-9-6-7-13-11(9)8-10;1-12(2,3)10-6-4-5-9-7-8-13-11(9)10;1-11(2,3)9-5-4-8-7-12-13-10(8)6-9;1-11(2,3)8-4-5-9-10(6-8)13-7-12-9/h6,8,10H,4-5,7,9H2,1-3H3;2*4-9H,1-3H3;4-5,7-9H,6H2,1-3H3;4,6-9H,5H2,1-3H3;4-6,8H,7H2,1-3H3;2*4-8,13H,1-3H3;4-7H,1-3H3,(H,12,13);4-6H,7H2,1-3H3. The number of ether oxygens (including phenoxy) is 2. The van der Waals surface area contributed by atoms with Crippen LogP contribution >= 0.6 is 0 Å². The summed E-state index contributed by atoms with van der Waals surface area (Å²) in [6, 6.07) is 79.8. The fourth-order valence-corrected chi connectivity index (χ4v) is 16.9. The zero-order chi connectivity index (χ0) is 96.9. The van der Waals surface area contributed by atoms with Gasteiger partial charge in [0.2, 0.25) is 6.79 Å². The van der Waals surface area contributed by atoms with Crippen LogP contribution in [-0.2, 0) is 86.4 Å². The first kappa shape index (κ1) is 102. The molecule has 15 aromatic rings. The van der Waals surface area contributed by atoms with E-state index < -0.39 is 0 Å². The van der Waals surface area contributed by atoms with E-state index in [2.05, 4.69) is 467 Å². The first-order valence-electron chi connectivity index (χ1n) is 48.3. The number of nitrogens with zero attached hydrogens (tertiary/aromatic N) is 4. The normalized spacial score (nSPS) is 13.6. The van der Waals surface area contributed by atoms with Gasteiger partial charge >= 0.3 is 0 Å². The third-order valence-electron chi connectivity index (χ3n) is 25.2. The van der Waals surface area contributed by atoms with Gasteiger partial charge in [-0.15, -0.1) is 0 Å². The van der Waals surface area contributed by atoms with Crippen molar-refractivity contribution in [2.45, 2.75) is 307 Å². The number of benzene rings is 10. The van der Waals surface area contributed by atoms with Crippen molar-refractivity contribution >= 4 is 72.9 Å². The number of rotatable bonds is 0. The van der Waals surface area contributed by atoms with E-state index in [0.717, 1.165) is 53.1 Å². The fourth-order valence-electron chi connectivity index (χ4n) is 16.9. The Kier molecular flexibility index (Phi) is 32.4. The monoisotopic (exact) mass is 1770 g/mol. The van der Waals surface area contributed by atoms with E-state index >= 15 is 0 Å². The minimum absolute atomic E-state index is 0.129. The van der Waals surface area contributed by atoms with Gasteiger partial charge in [0.25, 0.3) is 0 Å². The summed E-state index contributed by atoms with van der Waals surface area (Å²) in [5, 5.41) is 13.2. The Morgan fingerprint density at radius 2 is 0.827 bits per heavy atom. The maximum atomic E-state index is 5.31. The Morgan fingerprint density at radius 3 is 1.48 bits per heavy atom. The first-order valence-corrected chi connectivity index (χ1v) is 48.3. The SMILES string of the molecule is CC(C)(C)c1ccc2c(c1)C=CC2.CC(C)(C)c1ccc2c(c1)C=NC2.CC(C)(C)c1ccc2c(c1)OCO2.CC(C)(C)c1ccc2cc[nH]c2c1.CC(C)(C)c1ccc2ccccc2n1.CC(C)(C)c1ccc2cn[nH]c2c1.CC(C)(C)c1cccc2c1C=CC2.CC(C)(C)c1cccc2c1CCCC2.CC(C)(C)c1cccc2cc[nH]c12.CC(C)(C)c1cccc2cccnc12. The summed E-state index contributed by atoms with van der Waals surface area (Å²) in [7, 11) is 0. The summed E-state index contributed by atoms with van der Waals surface area (Å²) in [5.74, 6) is 1.72. The summed E-state index contributed by atoms with van der Waals surface area (Å²) < 4.78 is 10.6. The molecule has 10 aromatic carbocycles. The van der Waals surface area contributed by atoms with Crippen molar-refractivity contribution in [3.05, 3.63) is 362 Å². The molecule has 0 amide bonds. The van der Waals surface area contributed by atoms with Crippen LogP contribution in [0.3, 0.4) is 0 Å². The molecule has 5 aliphatic rings. The van der Waals surface area contributed by atoms with Gasteiger partial charge in [0, 0.05) is 63.1 Å². The molecule has 9 heteroatoms. The molecule has 698 valence electrons. The highest BCUT2D eigenvalue weighted by Crippen LogP contribution is 2.40. The van der Waals surface area contributed by atoms with E-state index in [0.29, 0.717) is 12.2 Å². The number of fused-ring (bicyclic) bond motifs is 10. The molecule has 9 nitrogen and oxygen atoms in total. The molecule has 7 heterocycles. The lowest BCUT2D eigenvalue weighted by molar-refractivity contribution is 0.174. The number of aryl methyl sites for hydroxylation is 1. The lowest BCUT2D eigenvalue weighted by Gasteiger charge is -2.27. The van der Waals surface area contributed by atoms with Gasteiger partial charge in [-0.05, 0) is 253 Å². The molecular weight excluding hydrogens is 1620 g/mol. The van der Waals surface area contributed by atoms with Crippen LogP contribution in [0.25, 0.3) is 66.7 Å². The minimum Gasteiger partial charge on any atom is -0.454 e. The predicted octanol–water partition coefficient (Wildman–Crippen LogP) is 33.5. The van der Waals surface area contributed by atoms with Crippen LogP contribution in [0.15, 0.2) is 266 Å². The molecule has 0 saturated carbocycles. The molecule has 0 atom stereocenters. The molecule has 3 N–H and O–H groups in total. The summed E-state index contributed by atoms with van der Waals surface area (Å²) in [4.78, 5) is 19.9. The van der Waals surface area contributed by atoms with Gasteiger partial charge < -0.3 is 19.4 Å². The Morgan fingerprint density at radius 1 is 0.331 bits per heavy atom. The number of pyridine rings is 2. The highest BCUT2D eigenvalue weighted by Gasteiger charge is 2.27. The van der Waals surface area contributed by atoms with Crippen molar-refractivity contribution in [1.29, 1.82) is 0 Å². The second-order valence-electron chi connectivity index (χ2n) is 46.6. The van der Waals surface area contributed by atoms with Crippen LogP contribution in [-0.4, -0.2) is 43.1 Å². The van der Waals surface area contributed by atoms with E-state index in [-0.39, 0.29) is 48.7 Å². The van der Waals surface area contributed by atoms with Crippen LogP contribution < -0.4 is 9.47 Å². The zero-order valence-electron chi connectivity index (χ0n) is 86.3. The second kappa shape index (κ2) is 42.3. The third-order valence-corrected chi connectivity index (χ3v) is 25.2. The maximum Gasteiger partial charge on any atom is 0.231 e. The Bertz CT molecular complexity index is 6320. The van der Waals surface area contributed by atoms with E-state index in [1.54, 1.807) is 16.7 Å². The third kappa shape index (κ3) is 28.0. The topological polar surface area (TPSA) is 117 Å². The van der Waals surface area contributed by atoms with Gasteiger partial charge in [-0.3, -0.25) is 20.1 Å². The van der Waals surface area contributed by atoms with Gasteiger partial charge in [-0.2, -0.15) is 5.10 Å². The average molecular weight is 1780 g/mol. The Balaban J connectivity index is 0.000000142. The zero-order valence-corrected chi connectivity index (χ0v) is 86.3. The summed E-state index contributed by atoms with van der Waals surface area (Å²) >= 11 is 0. The van der Waals surface area contributed by atoms with Gasteiger partial charge in [0.05, 0.1) is 29.3 Å². The highest BCUT2D eigenvalue weighted by molar-refractivity contribution is 5.86. The molecular formula is C124H155N7O2. The minimum atomic E-state index is 0.129. The van der Waals surface area contributed by atoms with Crippen molar-refractivity contribution < 1.29 is 9.47 Å². The van der Waals surface area contributed by atoms with E-state index in [9.17, 15) is 0 Å². The van der Waals surface area contributed by atoms with Crippen LogP contribution in [0.4, 0.5) is 0 Å². The van der Waals surface area contributed by atoms with Crippen LogP contribution in [0.5, 0.6) is 11.5 Å². The number of aliphatic imine (C=N–C) groups is 1. The molecule has 133 heavy (non-hydrogen) atoms. The predicted molar refractivity (Wildman–Crippen MR) is 575 cm³/mol. The number of nitrogens with one attached hydrogen (secondary N) is 3. The molecule has 0 saturated heterocycles. The number of allylic oxidation sites excluding steroid dienone is 2. The quantitative estimate of drug-likeness (QED) is 0.140. The summed E-state index contributed by atoms with van der Waals surface area (Å²) in [5.41, 5.74) is 33.4. The molecule has 5 aromatic heterocycles. The molecule has 2 aliphatic heterocycles. The first-order chi connectivity index (χ1) is 62.3. The van der Waals surface area contributed by atoms with Gasteiger partial charge in [0.1, 0.15) is 0 Å². The average Bonchev–Trinajstić information content (AvgIpc) is 1.65. The van der Waals surface area contributed by atoms with Crippen LogP contribution in [0.1, 0.15) is 321 Å². The smallest absolute Gasteiger partial charge is 0.231 e. The number of hydrogen-bond donors (Lipinski definition) is 3. The van der Waals surface area contributed by atoms with Gasteiger partial charge in [-0.1, -0.05) is 396 Å². The van der Waals surface area contributed by atoms with Crippen LogP contribution in [0, 0.1) is 0 Å². The van der Waals surface area contributed by atoms with Crippen molar-refractivity contribution in [2.75, 3.05) is 6.79 Å². The molecule has 0 spiro atoms. The van der Waals surface area contributed by atoms with E-state index in [4.69, 9.17) is 9.47 Å². The summed E-state index contributed by atoms with van der Waals surface area (Å²) in [6.45, 7) is 68.3. The lowest BCUT2D eigenvalue weighted by atomic mass is 9.78. The number of para-hydroxylation sites is 3. The molecule has 0 unspecified atom stereocenters. The molecule has 0 fully saturated rings. The summed E-state index contributed by atoms with van der Waals surface area (Å²) in [6.07, 6.45) is 26.2. The maximum absolute atomic E-state index is 5.31. The van der Waals surface area contributed by atoms with Gasteiger partial charge in [0.15, 0.2) is 11.5 Å². The Hall–Kier alpha value is -11.7. The highest BCUT2D eigenvalue weighted by atomic mass is 16.7. The molecule has 0 bridgehead atoms. The van der Waals surface area contributed by atoms with Crippen molar-refractivity contribution in [3.8, 4) is 11.5 Å². The number of hydrogen-bond acceptors (Lipinski definition) is 6. The number of H-pyrrole nitrogens is 3. The fraction of sp³-hybridized carbons (Fsp3) is 0.387. The lowest BCUT2D eigenvalue weighted by Crippen LogP contribution is -2.17. The van der Waals surface area contributed by atoms with E-state index in [1.807, 2.05) is 55.3 Å². The molecule has 3 aliphatic carbocycles. The Labute approximate surface area is 799 Å². The van der Waals surface area contributed by atoms with Crippen molar-refractivity contribution in [3.63, 3.8) is 0 Å².